The third-order valence-corrected chi connectivity index (χ3v) is 3.13. The average Bonchev–Trinajstić information content (AvgIpc) is 2.22. The molecule has 3 nitrogen and oxygen atoms in total. The highest BCUT2D eigenvalue weighted by Gasteiger charge is 2.16. The predicted molar refractivity (Wildman–Crippen MR) is 69.2 cm³/mol. The quantitative estimate of drug-likeness (QED) is 0.562. The summed E-state index contributed by atoms with van der Waals surface area (Å²) in [6.45, 7) is 5.54. The van der Waals surface area contributed by atoms with E-state index >= 15 is 0 Å². The van der Waals surface area contributed by atoms with Gasteiger partial charge >= 0.3 is 0 Å². The molecule has 88 valence electrons. The number of likely N-dealkylation sites (tertiary alicyclic amines) is 1. The number of nitrogens with one attached hydrogen (secondary N) is 2. The maximum atomic E-state index is 5.24. The van der Waals surface area contributed by atoms with Crippen molar-refractivity contribution >= 4 is 17.3 Å². The highest BCUT2D eigenvalue weighted by Crippen LogP contribution is 2.07. The lowest BCUT2D eigenvalue weighted by atomic mass is 10.1. The van der Waals surface area contributed by atoms with Gasteiger partial charge in [0.05, 0.1) is 0 Å². The van der Waals surface area contributed by atoms with Crippen LogP contribution in [-0.4, -0.2) is 42.7 Å². The van der Waals surface area contributed by atoms with E-state index in [9.17, 15) is 0 Å². The van der Waals surface area contributed by atoms with E-state index in [4.69, 9.17) is 12.2 Å². The van der Waals surface area contributed by atoms with Gasteiger partial charge in [-0.25, -0.2) is 0 Å². The van der Waals surface area contributed by atoms with Crippen molar-refractivity contribution in [2.45, 2.75) is 38.6 Å². The molecule has 4 heteroatoms. The van der Waals surface area contributed by atoms with Crippen LogP contribution in [0, 0.1) is 0 Å². The molecule has 0 aliphatic carbocycles. The molecule has 15 heavy (non-hydrogen) atoms. The fourth-order valence-electron chi connectivity index (χ4n) is 1.77. The molecule has 0 amide bonds. The number of hydrogen-bond donors (Lipinski definition) is 2. The number of nitrogens with zero attached hydrogens (tertiary/aromatic N) is 1. The molecule has 1 heterocycles. The minimum atomic E-state index is 0.572. The highest BCUT2D eigenvalue weighted by molar-refractivity contribution is 7.80. The molecule has 0 spiro atoms. The first-order valence-corrected chi connectivity index (χ1v) is 6.36. The zero-order valence-corrected chi connectivity index (χ0v) is 10.7. The number of hydrogen-bond acceptors (Lipinski definition) is 2. The third kappa shape index (κ3) is 5.33. The molecule has 0 unspecified atom stereocenters. The third-order valence-electron chi connectivity index (χ3n) is 2.87. The van der Waals surface area contributed by atoms with E-state index in [-0.39, 0.29) is 0 Å². The summed E-state index contributed by atoms with van der Waals surface area (Å²) < 4.78 is 0. The van der Waals surface area contributed by atoms with Crippen molar-refractivity contribution in [3.8, 4) is 0 Å². The second-order valence-corrected chi connectivity index (χ2v) is 4.74. The van der Waals surface area contributed by atoms with Crippen LogP contribution in [0.1, 0.15) is 32.6 Å². The smallest absolute Gasteiger partial charge is 0.166 e. The SMILES string of the molecule is CCCCNC(=S)NC1CCN(C)CC1. The summed E-state index contributed by atoms with van der Waals surface area (Å²) in [5.41, 5.74) is 0. The van der Waals surface area contributed by atoms with Crippen LogP contribution in [0.4, 0.5) is 0 Å². The Morgan fingerprint density at radius 2 is 2.07 bits per heavy atom. The van der Waals surface area contributed by atoms with Crippen molar-refractivity contribution in [1.82, 2.24) is 15.5 Å². The topological polar surface area (TPSA) is 27.3 Å². The van der Waals surface area contributed by atoms with Crippen molar-refractivity contribution < 1.29 is 0 Å². The first-order chi connectivity index (χ1) is 7.22. The van der Waals surface area contributed by atoms with Crippen LogP contribution >= 0.6 is 12.2 Å². The molecule has 1 aliphatic heterocycles. The first-order valence-electron chi connectivity index (χ1n) is 5.95. The summed E-state index contributed by atoms with van der Waals surface area (Å²) in [5.74, 6) is 0. The van der Waals surface area contributed by atoms with Crippen LogP contribution in [0.2, 0.25) is 0 Å². The zero-order valence-electron chi connectivity index (χ0n) is 9.88. The van der Waals surface area contributed by atoms with Gasteiger partial charge in [0.1, 0.15) is 0 Å². The Hall–Kier alpha value is -0.350. The second kappa shape index (κ2) is 7.01. The molecule has 0 aromatic carbocycles. The van der Waals surface area contributed by atoms with Gasteiger partial charge in [-0.15, -0.1) is 0 Å². The number of unbranched alkanes of at least 4 members (excludes halogenated alkanes) is 1. The Balaban J connectivity index is 2.09. The molecular formula is C11H23N3S. The molecule has 0 radical (unpaired) electrons. The zero-order chi connectivity index (χ0) is 11.1. The molecule has 0 bridgehead atoms. The van der Waals surface area contributed by atoms with Crippen LogP contribution in [-0.2, 0) is 0 Å². The molecule has 1 saturated heterocycles. The Labute approximate surface area is 98.6 Å². The summed E-state index contributed by atoms with van der Waals surface area (Å²) in [4.78, 5) is 2.37. The number of rotatable bonds is 4. The maximum Gasteiger partial charge on any atom is 0.166 e. The number of piperidine rings is 1. The summed E-state index contributed by atoms with van der Waals surface area (Å²) in [6.07, 6.45) is 4.80. The largest absolute Gasteiger partial charge is 0.363 e. The van der Waals surface area contributed by atoms with E-state index in [2.05, 4.69) is 29.5 Å². The molecule has 0 saturated carbocycles. The minimum Gasteiger partial charge on any atom is -0.363 e. The second-order valence-electron chi connectivity index (χ2n) is 4.33. The minimum absolute atomic E-state index is 0.572. The van der Waals surface area contributed by atoms with Crippen LogP contribution in [0.3, 0.4) is 0 Å². The number of thiocarbonyl (C=S) groups is 1. The molecule has 0 atom stereocenters. The van der Waals surface area contributed by atoms with Gasteiger partial charge < -0.3 is 15.5 Å². The van der Waals surface area contributed by atoms with Crippen LogP contribution < -0.4 is 10.6 Å². The van der Waals surface area contributed by atoms with Crippen molar-refractivity contribution in [3.63, 3.8) is 0 Å². The summed E-state index contributed by atoms with van der Waals surface area (Å²) in [5, 5.41) is 7.47. The lowest BCUT2D eigenvalue weighted by Gasteiger charge is -2.30. The molecule has 1 aliphatic rings. The Bertz CT molecular complexity index is 188. The van der Waals surface area contributed by atoms with Gasteiger partial charge in [-0.3, -0.25) is 0 Å². The van der Waals surface area contributed by atoms with Crippen molar-refractivity contribution in [3.05, 3.63) is 0 Å². The molecule has 0 aromatic rings. The van der Waals surface area contributed by atoms with Crippen molar-refractivity contribution in [2.24, 2.45) is 0 Å². The molecule has 2 N–H and O–H groups in total. The van der Waals surface area contributed by atoms with Gasteiger partial charge in [0.25, 0.3) is 0 Å². The Morgan fingerprint density at radius 3 is 2.67 bits per heavy atom. The van der Waals surface area contributed by atoms with E-state index in [1.807, 2.05) is 0 Å². The van der Waals surface area contributed by atoms with E-state index in [1.165, 1.54) is 38.8 Å². The monoisotopic (exact) mass is 229 g/mol. The fourth-order valence-corrected chi connectivity index (χ4v) is 2.04. The fraction of sp³-hybridized carbons (Fsp3) is 0.909. The Kier molecular flexibility index (Phi) is 5.95. The van der Waals surface area contributed by atoms with Crippen molar-refractivity contribution in [2.75, 3.05) is 26.7 Å². The predicted octanol–water partition coefficient (Wildman–Crippen LogP) is 1.34. The lowest BCUT2D eigenvalue weighted by molar-refractivity contribution is 0.246. The first kappa shape index (κ1) is 12.7. The van der Waals surface area contributed by atoms with Crippen LogP contribution in [0.25, 0.3) is 0 Å². The van der Waals surface area contributed by atoms with Crippen LogP contribution in [0.15, 0.2) is 0 Å². The molecule has 1 rings (SSSR count). The Morgan fingerprint density at radius 1 is 1.40 bits per heavy atom. The van der Waals surface area contributed by atoms with Crippen molar-refractivity contribution in [1.29, 1.82) is 0 Å². The molecule has 0 aromatic heterocycles. The van der Waals surface area contributed by atoms with Gasteiger partial charge in [0.15, 0.2) is 5.11 Å². The van der Waals surface area contributed by atoms with Crippen LogP contribution in [0.5, 0.6) is 0 Å². The van der Waals surface area contributed by atoms with E-state index in [0.29, 0.717) is 6.04 Å². The van der Waals surface area contributed by atoms with E-state index in [1.54, 1.807) is 0 Å². The summed E-state index contributed by atoms with van der Waals surface area (Å²) >= 11 is 5.24. The highest BCUT2D eigenvalue weighted by atomic mass is 32.1. The van der Waals surface area contributed by atoms with Gasteiger partial charge in [0.2, 0.25) is 0 Å². The lowest BCUT2D eigenvalue weighted by Crippen LogP contribution is -2.47. The van der Waals surface area contributed by atoms with Gasteiger partial charge in [0, 0.05) is 12.6 Å². The summed E-state index contributed by atoms with van der Waals surface area (Å²) in [6, 6.07) is 0.572. The molecule has 1 fully saturated rings. The molecular weight excluding hydrogens is 206 g/mol. The van der Waals surface area contributed by atoms with Gasteiger partial charge in [-0.1, -0.05) is 13.3 Å². The normalized spacial score (nSPS) is 18.8. The van der Waals surface area contributed by atoms with E-state index < -0.39 is 0 Å². The summed E-state index contributed by atoms with van der Waals surface area (Å²) in [7, 11) is 2.17. The van der Waals surface area contributed by atoms with Gasteiger partial charge in [-0.2, -0.15) is 0 Å². The average molecular weight is 229 g/mol. The standard InChI is InChI=1S/C11H23N3S/c1-3-4-7-12-11(15)13-10-5-8-14(2)9-6-10/h10H,3-9H2,1-2H3,(H2,12,13,15). The maximum absolute atomic E-state index is 5.24. The van der Waals surface area contributed by atoms with Gasteiger partial charge in [-0.05, 0) is 51.6 Å². The van der Waals surface area contributed by atoms with E-state index in [0.717, 1.165) is 11.7 Å².